The number of carbonyl (C=O) groups is 1. The number of nitrogens with one attached hydrogen (secondary N) is 1. The van der Waals surface area contributed by atoms with Crippen molar-refractivity contribution in [1.82, 2.24) is 9.88 Å². The molecular weight excluding hydrogens is 228 g/mol. The molecule has 4 nitrogen and oxygen atoms in total. The van der Waals surface area contributed by atoms with Crippen molar-refractivity contribution in [3.63, 3.8) is 0 Å². The Morgan fingerprint density at radius 3 is 2.61 bits per heavy atom. The van der Waals surface area contributed by atoms with E-state index in [1.165, 1.54) is 23.4 Å². The van der Waals surface area contributed by atoms with Crippen molar-refractivity contribution in [2.75, 3.05) is 7.05 Å². The van der Waals surface area contributed by atoms with E-state index in [1.807, 2.05) is 30.3 Å². The second-order valence-electron chi connectivity index (χ2n) is 4.07. The Hall–Kier alpha value is -2.36. The molecule has 0 fully saturated rings. The standard InChI is InChI=1S/C14H14N2O2/c1-16(10-11-5-3-2-4-6-11)14(18)12-9-15-8-7-13(12)17/h2-9H,10H2,1H3,(H,15,17). The minimum absolute atomic E-state index is 0.163. The molecule has 2 rings (SSSR count). The summed E-state index contributed by atoms with van der Waals surface area (Å²) in [4.78, 5) is 27.9. The fraction of sp³-hybridized carbons (Fsp3) is 0.143. The van der Waals surface area contributed by atoms with Gasteiger partial charge in [-0.15, -0.1) is 0 Å². The number of H-pyrrole nitrogens is 1. The summed E-state index contributed by atoms with van der Waals surface area (Å²) in [6.07, 6.45) is 2.95. The summed E-state index contributed by atoms with van der Waals surface area (Å²) < 4.78 is 0. The number of amides is 1. The first-order valence-corrected chi connectivity index (χ1v) is 5.65. The van der Waals surface area contributed by atoms with Gasteiger partial charge in [0.1, 0.15) is 5.56 Å². The van der Waals surface area contributed by atoms with Crippen molar-refractivity contribution >= 4 is 5.91 Å². The van der Waals surface area contributed by atoms with Gasteiger partial charge in [-0.1, -0.05) is 30.3 Å². The van der Waals surface area contributed by atoms with Crippen LogP contribution < -0.4 is 5.43 Å². The molecule has 0 aliphatic carbocycles. The first-order valence-electron chi connectivity index (χ1n) is 5.65. The lowest BCUT2D eigenvalue weighted by Gasteiger charge is -2.16. The van der Waals surface area contributed by atoms with Crippen molar-refractivity contribution in [3.8, 4) is 0 Å². The van der Waals surface area contributed by atoms with E-state index in [0.29, 0.717) is 6.54 Å². The molecule has 0 bridgehead atoms. The molecule has 2 aromatic rings. The van der Waals surface area contributed by atoms with Gasteiger partial charge in [0.05, 0.1) is 0 Å². The number of rotatable bonds is 3. The molecule has 0 spiro atoms. The van der Waals surface area contributed by atoms with Crippen LogP contribution in [0.1, 0.15) is 15.9 Å². The average Bonchev–Trinajstić information content (AvgIpc) is 2.39. The molecule has 1 amide bonds. The van der Waals surface area contributed by atoms with Gasteiger partial charge in [-0.25, -0.2) is 0 Å². The molecule has 0 aliphatic rings. The van der Waals surface area contributed by atoms with Crippen LogP contribution in [0.4, 0.5) is 0 Å². The molecular formula is C14H14N2O2. The summed E-state index contributed by atoms with van der Waals surface area (Å²) in [5, 5.41) is 0. The van der Waals surface area contributed by atoms with Gasteiger partial charge in [-0.05, 0) is 5.56 Å². The zero-order chi connectivity index (χ0) is 13.0. The predicted octanol–water partition coefficient (Wildman–Crippen LogP) is 1.65. The van der Waals surface area contributed by atoms with Gasteiger partial charge < -0.3 is 9.88 Å². The third-order valence-corrected chi connectivity index (χ3v) is 2.66. The van der Waals surface area contributed by atoms with E-state index in [-0.39, 0.29) is 16.9 Å². The largest absolute Gasteiger partial charge is 0.367 e. The van der Waals surface area contributed by atoms with Crippen LogP contribution in [0.25, 0.3) is 0 Å². The molecule has 0 saturated heterocycles. The van der Waals surface area contributed by atoms with Crippen molar-refractivity contribution in [1.29, 1.82) is 0 Å². The van der Waals surface area contributed by atoms with Crippen LogP contribution in [-0.2, 0) is 6.54 Å². The van der Waals surface area contributed by atoms with E-state index in [0.717, 1.165) is 5.56 Å². The third kappa shape index (κ3) is 2.66. The first kappa shape index (κ1) is 12.1. The molecule has 0 radical (unpaired) electrons. The Bertz CT molecular complexity index is 590. The van der Waals surface area contributed by atoms with Gasteiger partial charge in [-0.2, -0.15) is 0 Å². The normalized spacial score (nSPS) is 10.1. The second kappa shape index (κ2) is 5.31. The first-order chi connectivity index (χ1) is 8.68. The van der Waals surface area contributed by atoms with Crippen LogP contribution in [0.5, 0.6) is 0 Å². The Kier molecular flexibility index (Phi) is 3.57. The maximum atomic E-state index is 12.1. The number of aromatic nitrogens is 1. The van der Waals surface area contributed by atoms with E-state index >= 15 is 0 Å². The van der Waals surface area contributed by atoms with Gasteiger partial charge in [0, 0.05) is 32.1 Å². The highest BCUT2D eigenvalue weighted by molar-refractivity contribution is 5.93. The minimum atomic E-state index is -0.277. The lowest BCUT2D eigenvalue weighted by Crippen LogP contribution is -2.30. The molecule has 1 heterocycles. The number of pyridine rings is 1. The van der Waals surface area contributed by atoms with E-state index in [9.17, 15) is 9.59 Å². The number of aromatic amines is 1. The van der Waals surface area contributed by atoms with Gasteiger partial charge in [0.2, 0.25) is 0 Å². The minimum Gasteiger partial charge on any atom is -0.367 e. The summed E-state index contributed by atoms with van der Waals surface area (Å²) in [6, 6.07) is 11.0. The lowest BCUT2D eigenvalue weighted by molar-refractivity contribution is 0.0783. The summed E-state index contributed by atoms with van der Waals surface area (Å²) in [6.45, 7) is 0.480. The Morgan fingerprint density at radius 2 is 1.94 bits per heavy atom. The predicted molar refractivity (Wildman–Crippen MR) is 69.3 cm³/mol. The van der Waals surface area contributed by atoms with Gasteiger partial charge in [0.15, 0.2) is 5.43 Å². The number of benzene rings is 1. The topological polar surface area (TPSA) is 53.2 Å². The highest BCUT2D eigenvalue weighted by Gasteiger charge is 2.14. The van der Waals surface area contributed by atoms with Gasteiger partial charge >= 0.3 is 0 Å². The molecule has 0 unspecified atom stereocenters. The average molecular weight is 242 g/mol. The maximum absolute atomic E-state index is 12.1. The van der Waals surface area contributed by atoms with Gasteiger partial charge in [-0.3, -0.25) is 9.59 Å². The summed E-state index contributed by atoms with van der Waals surface area (Å²) in [5.41, 5.74) is 0.926. The molecule has 0 atom stereocenters. The number of carbonyl (C=O) groups excluding carboxylic acids is 1. The lowest BCUT2D eigenvalue weighted by atomic mass is 10.2. The Labute approximate surface area is 105 Å². The van der Waals surface area contributed by atoms with Crippen LogP contribution in [0.2, 0.25) is 0 Å². The highest BCUT2D eigenvalue weighted by Crippen LogP contribution is 2.05. The number of hydrogen-bond donors (Lipinski definition) is 1. The van der Waals surface area contributed by atoms with E-state index in [1.54, 1.807) is 7.05 Å². The molecule has 18 heavy (non-hydrogen) atoms. The smallest absolute Gasteiger partial charge is 0.259 e. The van der Waals surface area contributed by atoms with Crippen LogP contribution in [0.3, 0.4) is 0 Å². The second-order valence-corrected chi connectivity index (χ2v) is 4.07. The molecule has 92 valence electrons. The van der Waals surface area contributed by atoms with Crippen molar-refractivity contribution in [2.24, 2.45) is 0 Å². The SMILES string of the molecule is CN(Cc1ccccc1)C(=O)c1c[nH]ccc1=O. The van der Waals surface area contributed by atoms with Crippen LogP contribution in [0, 0.1) is 0 Å². The van der Waals surface area contributed by atoms with Crippen molar-refractivity contribution < 1.29 is 4.79 Å². The zero-order valence-corrected chi connectivity index (χ0v) is 10.1. The van der Waals surface area contributed by atoms with Crippen LogP contribution in [0.15, 0.2) is 53.6 Å². The number of nitrogens with zero attached hydrogens (tertiary/aromatic N) is 1. The monoisotopic (exact) mass is 242 g/mol. The van der Waals surface area contributed by atoms with Gasteiger partial charge in [0.25, 0.3) is 5.91 Å². The molecule has 1 N–H and O–H groups in total. The Morgan fingerprint density at radius 1 is 1.22 bits per heavy atom. The quantitative estimate of drug-likeness (QED) is 0.889. The maximum Gasteiger partial charge on any atom is 0.259 e. The van der Waals surface area contributed by atoms with Crippen molar-refractivity contribution in [3.05, 3.63) is 70.1 Å². The van der Waals surface area contributed by atoms with Crippen LogP contribution in [-0.4, -0.2) is 22.8 Å². The van der Waals surface area contributed by atoms with Crippen molar-refractivity contribution in [2.45, 2.75) is 6.54 Å². The summed E-state index contributed by atoms with van der Waals surface area (Å²) in [7, 11) is 1.68. The summed E-state index contributed by atoms with van der Waals surface area (Å²) in [5.74, 6) is -0.277. The number of hydrogen-bond acceptors (Lipinski definition) is 2. The fourth-order valence-corrected chi connectivity index (χ4v) is 1.72. The third-order valence-electron chi connectivity index (χ3n) is 2.66. The van der Waals surface area contributed by atoms with E-state index < -0.39 is 0 Å². The zero-order valence-electron chi connectivity index (χ0n) is 10.1. The molecule has 0 aliphatic heterocycles. The highest BCUT2D eigenvalue weighted by atomic mass is 16.2. The van der Waals surface area contributed by atoms with Crippen LogP contribution >= 0.6 is 0 Å². The van der Waals surface area contributed by atoms with E-state index in [2.05, 4.69) is 4.98 Å². The summed E-state index contributed by atoms with van der Waals surface area (Å²) >= 11 is 0. The molecule has 1 aromatic carbocycles. The molecule has 0 saturated carbocycles. The fourth-order valence-electron chi connectivity index (χ4n) is 1.72. The van der Waals surface area contributed by atoms with E-state index in [4.69, 9.17) is 0 Å². The molecule has 1 aromatic heterocycles. The Balaban J connectivity index is 2.15. The molecule has 4 heteroatoms.